The lowest BCUT2D eigenvalue weighted by Gasteiger charge is -2.18. The molecule has 1 fully saturated rings. The molecule has 0 aromatic heterocycles. The van der Waals surface area contributed by atoms with Crippen molar-refractivity contribution in [3.63, 3.8) is 0 Å². The number of hydrogen-bond acceptors (Lipinski definition) is 3. The minimum atomic E-state index is -3.11. The van der Waals surface area contributed by atoms with Crippen molar-refractivity contribution in [3.8, 4) is 0 Å². The van der Waals surface area contributed by atoms with Crippen LogP contribution in [0.5, 0.6) is 0 Å². The molecule has 0 bridgehead atoms. The van der Waals surface area contributed by atoms with Crippen molar-refractivity contribution < 1.29 is 8.42 Å². The summed E-state index contributed by atoms with van der Waals surface area (Å²) in [5.74, 6) is 1.13. The summed E-state index contributed by atoms with van der Waals surface area (Å²) in [6.07, 6.45) is 2.91. The van der Waals surface area contributed by atoms with Crippen LogP contribution in [0.15, 0.2) is 0 Å². The Morgan fingerprint density at radius 3 is 2.40 bits per heavy atom. The second-order valence-electron chi connectivity index (χ2n) is 4.90. The topological polar surface area (TPSA) is 72.2 Å². The highest BCUT2D eigenvalue weighted by Crippen LogP contribution is 2.30. The Kier molecular flexibility index (Phi) is 4.55. The van der Waals surface area contributed by atoms with E-state index in [1.807, 2.05) is 0 Å². The summed E-state index contributed by atoms with van der Waals surface area (Å²) in [7, 11) is -3.11. The molecular weight excluding hydrogens is 212 g/mol. The van der Waals surface area contributed by atoms with Crippen LogP contribution >= 0.6 is 0 Å². The average Bonchev–Trinajstić information content (AvgIpc) is 2.84. The van der Waals surface area contributed by atoms with Crippen LogP contribution in [0.2, 0.25) is 0 Å². The van der Waals surface area contributed by atoms with Gasteiger partial charge in [-0.05, 0) is 31.1 Å². The van der Waals surface area contributed by atoms with Crippen molar-refractivity contribution in [3.05, 3.63) is 0 Å². The number of sulfonamides is 1. The van der Waals surface area contributed by atoms with Crippen molar-refractivity contribution >= 4 is 10.0 Å². The first-order valence-corrected chi connectivity index (χ1v) is 7.28. The lowest BCUT2D eigenvalue weighted by molar-refractivity contribution is 0.464. The minimum absolute atomic E-state index is 0.103. The first kappa shape index (κ1) is 12.9. The standard InChI is InChI=1S/C10H22N2O2S/c1-8(2)5-10(6-11)12-15(13,14)7-9-3-4-9/h8-10,12H,3-7,11H2,1-2H3. The van der Waals surface area contributed by atoms with E-state index >= 15 is 0 Å². The van der Waals surface area contributed by atoms with Gasteiger partial charge < -0.3 is 5.73 Å². The Morgan fingerprint density at radius 2 is 2.00 bits per heavy atom. The maximum absolute atomic E-state index is 11.7. The van der Waals surface area contributed by atoms with Crippen LogP contribution < -0.4 is 10.5 Å². The molecule has 0 saturated heterocycles. The predicted octanol–water partition coefficient (Wildman–Crippen LogP) is 0.689. The average molecular weight is 234 g/mol. The van der Waals surface area contributed by atoms with Gasteiger partial charge in [0.2, 0.25) is 10.0 Å². The minimum Gasteiger partial charge on any atom is -0.329 e. The van der Waals surface area contributed by atoms with E-state index in [1.54, 1.807) is 0 Å². The Labute approximate surface area is 92.7 Å². The summed E-state index contributed by atoms with van der Waals surface area (Å²) < 4.78 is 26.0. The van der Waals surface area contributed by atoms with Crippen molar-refractivity contribution in [1.82, 2.24) is 4.72 Å². The van der Waals surface area contributed by atoms with Gasteiger partial charge >= 0.3 is 0 Å². The van der Waals surface area contributed by atoms with E-state index in [0.29, 0.717) is 18.4 Å². The second-order valence-corrected chi connectivity index (χ2v) is 6.70. The summed E-state index contributed by atoms with van der Waals surface area (Å²) in [6.45, 7) is 4.51. The molecule has 4 nitrogen and oxygen atoms in total. The first-order valence-electron chi connectivity index (χ1n) is 5.63. The van der Waals surface area contributed by atoms with E-state index in [4.69, 9.17) is 5.73 Å². The summed E-state index contributed by atoms with van der Waals surface area (Å²) in [4.78, 5) is 0. The van der Waals surface area contributed by atoms with E-state index in [9.17, 15) is 8.42 Å². The van der Waals surface area contributed by atoms with Crippen LogP contribution in [0.1, 0.15) is 33.1 Å². The second kappa shape index (κ2) is 5.27. The van der Waals surface area contributed by atoms with E-state index in [1.165, 1.54) is 0 Å². The quantitative estimate of drug-likeness (QED) is 0.680. The highest BCUT2D eigenvalue weighted by molar-refractivity contribution is 7.89. The fraction of sp³-hybridized carbons (Fsp3) is 1.00. The van der Waals surface area contributed by atoms with Crippen molar-refractivity contribution in [2.45, 2.75) is 39.2 Å². The van der Waals surface area contributed by atoms with E-state index in [2.05, 4.69) is 18.6 Å². The SMILES string of the molecule is CC(C)CC(CN)NS(=O)(=O)CC1CC1. The van der Waals surface area contributed by atoms with Gasteiger partial charge in [-0.3, -0.25) is 0 Å². The zero-order chi connectivity index (χ0) is 11.5. The molecule has 1 rings (SSSR count). The van der Waals surface area contributed by atoms with Gasteiger partial charge in [-0.1, -0.05) is 13.8 Å². The molecule has 5 heteroatoms. The van der Waals surface area contributed by atoms with E-state index in [-0.39, 0.29) is 11.8 Å². The molecule has 0 heterocycles. The third-order valence-corrected chi connectivity index (χ3v) is 4.14. The molecular formula is C10H22N2O2S. The highest BCUT2D eigenvalue weighted by Gasteiger charge is 2.29. The molecule has 0 spiro atoms. The molecule has 1 aliphatic carbocycles. The van der Waals surface area contributed by atoms with Gasteiger partial charge in [0.05, 0.1) is 5.75 Å². The molecule has 3 N–H and O–H groups in total. The summed E-state index contributed by atoms with van der Waals surface area (Å²) in [5.41, 5.74) is 5.55. The van der Waals surface area contributed by atoms with Crippen LogP contribution in [-0.2, 0) is 10.0 Å². The molecule has 1 aliphatic rings. The molecule has 1 saturated carbocycles. The summed E-state index contributed by atoms with van der Waals surface area (Å²) in [5, 5.41) is 0. The van der Waals surface area contributed by atoms with Gasteiger partial charge in [0, 0.05) is 12.6 Å². The molecule has 15 heavy (non-hydrogen) atoms. The largest absolute Gasteiger partial charge is 0.329 e. The molecule has 0 radical (unpaired) electrons. The third kappa shape index (κ3) is 5.49. The smallest absolute Gasteiger partial charge is 0.212 e. The fourth-order valence-electron chi connectivity index (χ4n) is 1.66. The Hall–Kier alpha value is -0.130. The lowest BCUT2D eigenvalue weighted by Crippen LogP contribution is -2.42. The molecule has 0 aliphatic heterocycles. The molecule has 0 aromatic rings. The van der Waals surface area contributed by atoms with Crippen molar-refractivity contribution in [1.29, 1.82) is 0 Å². The third-order valence-electron chi connectivity index (χ3n) is 2.54. The summed E-state index contributed by atoms with van der Waals surface area (Å²) in [6, 6.07) is -0.103. The predicted molar refractivity (Wildman–Crippen MR) is 61.9 cm³/mol. The van der Waals surface area contributed by atoms with Crippen LogP contribution in [0.4, 0.5) is 0 Å². The summed E-state index contributed by atoms with van der Waals surface area (Å²) >= 11 is 0. The zero-order valence-corrected chi connectivity index (χ0v) is 10.4. The first-order chi connectivity index (χ1) is 6.93. The van der Waals surface area contributed by atoms with Gasteiger partial charge in [-0.2, -0.15) is 0 Å². The van der Waals surface area contributed by atoms with Crippen LogP contribution in [0.3, 0.4) is 0 Å². The van der Waals surface area contributed by atoms with Gasteiger partial charge in [0.15, 0.2) is 0 Å². The molecule has 0 aromatic carbocycles. The van der Waals surface area contributed by atoms with Gasteiger partial charge in [-0.25, -0.2) is 13.1 Å². The monoisotopic (exact) mass is 234 g/mol. The Bertz CT molecular complexity index is 284. The Balaban J connectivity index is 2.41. The maximum atomic E-state index is 11.7. The maximum Gasteiger partial charge on any atom is 0.212 e. The molecule has 90 valence electrons. The van der Waals surface area contributed by atoms with Crippen molar-refractivity contribution in [2.24, 2.45) is 17.6 Å². The normalized spacial score (nSPS) is 19.5. The number of hydrogen-bond donors (Lipinski definition) is 2. The zero-order valence-electron chi connectivity index (χ0n) is 9.57. The van der Waals surface area contributed by atoms with Gasteiger partial charge in [0.1, 0.15) is 0 Å². The lowest BCUT2D eigenvalue weighted by atomic mass is 10.1. The van der Waals surface area contributed by atoms with Gasteiger partial charge in [0.25, 0.3) is 0 Å². The number of nitrogens with two attached hydrogens (primary N) is 1. The van der Waals surface area contributed by atoms with Crippen LogP contribution in [-0.4, -0.2) is 26.8 Å². The van der Waals surface area contributed by atoms with Crippen LogP contribution in [0, 0.1) is 11.8 Å². The van der Waals surface area contributed by atoms with E-state index in [0.717, 1.165) is 19.3 Å². The molecule has 0 amide bonds. The fourth-order valence-corrected chi connectivity index (χ4v) is 3.41. The highest BCUT2D eigenvalue weighted by atomic mass is 32.2. The van der Waals surface area contributed by atoms with Gasteiger partial charge in [-0.15, -0.1) is 0 Å². The Morgan fingerprint density at radius 1 is 1.40 bits per heavy atom. The van der Waals surface area contributed by atoms with E-state index < -0.39 is 10.0 Å². The van der Waals surface area contributed by atoms with Crippen LogP contribution in [0.25, 0.3) is 0 Å². The number of nitrogens with one attached hydrogen (secondary N) is 1. The number of rotatable bonds is 7. The van der Waals surface area contributed by atoms with Crippen molar-refractivity contribution in [2.75, 3.05) is 12.3 Å². The molecule has 1 atom stereocenters. The molecule has 1 unspecified atom stereocenters.